The average molecular weight is 283 g/mol. The van der Waals surface area contributed by atoms with Crippen LogP contribution in [0, 0.1) is 13.8 Å². The van der Waals surface area contributed by atoms with Gasteiger partial charge in [0.15, 0.2) is 0 Å². The molecule has 2 amide bonds. The maximum atomic E-state index is 12.4. The number of rotatable bonds is 1. The highest BCUT2D eigenvalue weighted by Gasteiger charge is 2.37. The lowest BCUT2D eigenvalue weighted by Gasteiger charge is -2.16. The molecule has 1 aliphatic heterocycles. The predicted molar refractivity (Wildman–Crippen MR) is 76.8 cm³/mol. The van der Waals surface area contributed by atoms with E-state index in [1.165, 1.54) is 24.3 Å². The van der Waals surface area contributed by atoms with Gasteiger partial charge in [-0.1, -0.05) is 0 Å². The van der Waals surface area contributed by atoms with E-state index in [9.17, 15) is 19.8 Å². The van der Waals surface area contributed by atoms with E-state index in [-0.39, 0.29) is 22.6 Å². The SMILES string of the molecule is Cc1cc(N2C(=O)c3ccc(O)cc3C2=O)cc(O)c1C. The Kier molecular flexibility index (Phi) is 2.73. The number of anilines is 1. The van der Waals surface area contributed by atoms with Crippen LogP contribution in [0.4, 0.5) is 5.69 Å². The maximum Gasteiger partial charge on any atom is 0.266 e. The Morgan fingerprint density at radius 1 is 0.905 bits per heavy atom. The summed E-state index contributed by atoms with van der Waals surface area (Å²) in [5.41, 5.74) is 2.21. The fraction of sp³-hybridized carbons (Fsp3) is 0.125. The van der Waals surface area contributed by atoms with Crippen molar-refractivity contribution in [1.82, 2.24) is 0 Å². The molecule has 0 aliphatic carbocycles. The summed E-state index contributed by atoms with van der Waals surface area (Å²) >= 11 is 0. The minimum atomic E-state index is -0.506. The van der Waals surface area contributed by atoms with Gasteiger partial charge in [0.2, 0.25) is 0 Å². The van der Waals surface area contributed by atoms with Gasteiger partial charge in [0.05, 0.1) is 16.8 Å². The van der Waals surface area contributed by atoms with Gasteiger partial charge in [-0.3, -0.25) is 9.59 Å². The normalized spacial score (nSPS) is 13.7. The number of aromatic hydroxyl groups is 2. The zero-order chi connectivity index (χ0) is 15.3. The molecule has 1 aliphatic rings. The Morgan fingerprint density at radius 2 is 1.57 bits per heavy atom. The number of benzene rings is 2. The van der Waals surface area contributed by atoms with Gasteiger partial charge in [-0.15, -0.1) is 0 Å². The molecule has 3 rings (SSSR count). The summed E-state index contributed by atoms with van der Waals surface area (Å²) in [5, 5.41) is 19.3. The van der Waals surface area contributed by atoms with Crippen molar-refractivity contribution in [2.75, 3.05) is 4.90 Å². The van der Waals surface area contributed by atoms with Crippen molar-refractivity contribution in [3.8, 4) is 11.5 Å². The second-order valence-electron chi connectivity index (χ2n) is 5.08. The third-order valence-corrected chi connectivity index (χ3v) is 3.75. The largest absolute Gasteiger partial charge is 0.508 e. The zero-order valence-electron chi connectivity index (χ0n) is 11.5. The van der Waals surface area contributed by atoms with E-state index in [4.69, 9.17) is 0 Å². The monoisotopic (exact) mass is 283 g/mol. The van der Waals surface area contributed by atoms with E-state index in [2.05, 4.69) is 0 Å². The molecule has 5 heteroatoms. The van der Waals surface area contributed by atoms with E-state index in [0.717, 1.165) is 10.5 Å². The molecule has 0 atom stereocenters. The first-order chi connectivity index (χ1) is 9.90. The Labute approximate surface area is 121 Å². The van der Waals surface area contributed by atoms with Crippen molar-refractivity contribution in [2.45, 2.75) is 13.8 Å². The molecule has 2 N–H and O–H groups in total. The lowest BCUT2D eigenvalue weighted by molar-refractivity contribution is 0.0926. The van der Waals surface area contributed by atoms with Crippen LogP contribution in [0.1, 0.15) is 31.8 Å². The van der Waals surface area contributed by atoms with Crippen molar-refractivity contribution in [1.29, 1.82) is 0 Å². The van der Waals surface area contributed by atoms with Gasteiger partial charge in [-0.05, 0) is 49.2 Å². The van der Waals surface area contributed by atoms with Crippen LogP contribution in [-0.2, 0) is 0 Å². The Bertz CT molecular complexity index is 772. The average Bonchev–Trinajstić information content (AvgIpc) is 2.67. The van der Waals surface area contributed by atoms with Crippen LogP contribution in [0.15, 0.2) is 30.3 Å². The van der Waals surface area contributed by atoms with Crippen molar-refractivity contribution in [3.05, 3.63) is 52.6 Å². The van der Waals surface area contributed by atoms with Gasteiger partial charge in [-0.2, -0.15) is 0 Å². The maximum absolute atomic E-state index is 12.4. The quantitative estimate of drug-likeness (QED) is 0.788. The Balaban J connectivity index is 2.14. The molecule has 0 saturated carbocycles. The van der Waals surface area contributed by atoms with E-state index in [1.807, 2.05) is 0 Å². The van der Waals surface area contributed by atoms with Crippen LogP contribution in [-0.4, -0.2) is 22.0 Å². The molecule has 0 saturated heterocycles. The molecule has 2 aromatic carbocycles. The number of carbonyl (C=O) groups excluding carboxylic acids is 2. The molecule has 5 nitrogen and oxygen atoms in total. The lowest BCUT2D eigenvalue weighted by Crippen LogP contribution is -2.29. The van der Waals surface area contributed by atoms with Crippen LogP contribution in [0.25, 0.3) is 0 Å². The van der Waals surface area contributed by atoms with Crippen molar-refractivity contribution in [2.24, 2.45) is 0 Å². The molecule has 106 valence electrons. The van der Waals surface area contributed by atoms with Crippen LogP contribution >= 0.6 is 0 Å². The van der Waals surface area contributed by atoms with Crippen LogP contribution in [0.5, 0.6) is 11.5 Å². The molecular formula is C16H13NO4. The number of hydrogen-bond acceptors (Lipinski definition) is 4. The Morgan fingerprint density at radius 3 is 2.24 bits per heavy atom. The van der Waals surface area contributed by atoms with E-state index < -0.39 is 11.8 Å². The summed E-state index contributed by atoms with van der Waals surface area (Å²) in [6.45, 7) is 3.55. The third-order valence-electron chi connectivity index (χ3n) is 3.75. The number of phenolic OH excluding ortho intramolecular Hbond substituents is 2. The first-order valence-corrected chi connectivity index (χ1v) is 6.42. The molecule has 21 heavy (non-hydrogen) atoms. The van der Waals surface area contributed by atoms with Gasteiger partial charge in [0, 0.05) is 6.07 Å². The number of amides is 2. The summed E-state index contributed by atoms with van der Waals surface area (Å²) in [5.74, 6) is -1.00. The number of carbonyl (C=O) groups is 2. The van der Waals surface area contributed by atoms with E-state index in [1.54, 1.807) is 19.9 Å². The van der Waals surface area contributed by atoms with Crippen LogP contribution < -0.4 is 4.90 Å². The summed E-state index contributed by atoms with van der Waals surface area (Å²) < 4.78 is 0. The van der Waals surface area contributed by atoms with Gasteiger partial charge < -0.3 is 10.2 Å². The molecule has 0 radical (unpaired) electrons. The first kappa shape index (κ1) is 13.2. The molecule has 0 aromatic heterocycles. The number of imide groups is 1. The number of aryl methyl sites for hydroxylation is 1. The summed E-state index contributed by atoms with van der Waals surface area (Å²) in [6.07, 6.45) is 0. The number of nitrogens with zero attached hydrogens (tertiary/aromatic N) is 1. The Hall–Kier alpha value is -2.82. The molecule has 0 spiro atoms. The minimum Gasteiger partial charge on any atom is -0.508 e. The zero-order valence-corrected chi connectivity index (χ0v) is 11.5. The summed E-state index contributed by atoms with van der Waals surface area (Å²) in [6, 6.07) is 7.13. The summed E-state index contributed by atoms with van der Waals surface area (Å²) in [7, 11) is 0. The highest BCUT2D eigenvalue weighted by atomic mass is 16.3. The number of phenols is 2. The predicted octanol–water partition coefficient (Wildman–Crippen LogP) is 2.52. The number of fused-ring (bicyclic) bond motifs is 1. The fourth-order valence-corrected chi connectivity index (χ4v) is 2.41. The smallest absolute Gasteiger partial charge is 0.266 e. The minimum absolute atomic E-state index is 0.0319. The van der Waals surface area contributed by atoms with Gasteiger partial charge in [0.25, 0.3) is 11.8 Å². The fourth-order valence-electron chi connectivity index (χ4n) is 2.41. The highest BCUT2D eigenvalue weighted by Crippen LogP contribution is 2.34. The summed E-state index contributed by atoms with van der Waals surface area (Å²) in [4.78, 5) is 25.8. The standard InChI is InChI=1S/C16H13NO4/c1-8-5-10(6-14(19)9(8)2)17-15(20)12-4-3-11(18)7-13(12)16(17)21/h3-7,18-19H,1-2H3. The first-order valence-electron chi connectivity index (χ1n) is 6.42. The number of hydrogen-bond donors (Lipinski definition) is 2. The highest BCUT2D eigenvalue weighted by molar-refractivity contribution is 6.34. The molecular weight excluding hydrogens is 270 g/mol. The van der Waals surface area contributed by atoms with Crippen LogP contribution in [0.3, 0.4) is 0 Å². The van der Waals surface area contributed by atoms with Crippen molar-refractivity contribution < 1.29 is 19.8 Å². The van der Waals surface area contributed by atoms with Gasteiger partial charge >= 0.3 is 0 Å². The lowest BCUT2D eigenvalue weighted by atomic mass is 10.1. The second-order valence-corrected chi connectivity index (χ2v) is 5.08. The molecule has 1 heterocycles. The van der Waals surface area contributed by atoms with Crippen LogP contribution in [0.2, 0.25) is 0 Å². The van der Waals surface area contributed by atoms with Crippen molar-refractivity contribution >= 4 is 17.5 Å². The second kappa shape index (κ2) is 4.34. The molecule has 0 fully saturated rings. The van der Waals surface area contributed by atoms with Crippen molar-refractivity contribution in [3.63, 3.8) is 0 Å². The third kappa shape index (κ3) is 1.86. The van der Waals surface area contributed by atoms with Gasteiger partial charge in [0.1, 0.15) is 11.5 Å². The molecule has 2 aromatic rings. The van der Waals surface area contributed by atoms with E-state index >= 15 is 0 Å². The molecule has 0 unspecified atom stereocenters. The van der Waals surface area contributed by atoms with E-state index in [0.29, 0.717) is 11.3 Å². The molecule has 0 bridgehead atoms. The topological polar surface area (TPSA) is 77.8 Å². The van der Waals surface area contributed by atoms with Gasteiger partial charge in [-0.25, -0.2) is 4.90 Å².